The summed E-state index contributed by atoms with van der Waals surface area (Å²) in [7, 11) is 2.15. The fraction of sp³-hybridized carbons (Fsp3) is 0.875. The summed E-state index contributed by atoms with van der Waals surface area (Å²) in [6.07, 6.45) is 0. The van der Waals surface area contributed by atoms with Crippen molar-refractivity contribution in [1.82, 2.24) is 9.80 Å². The average Bonchev–Trinajstić information content (AvgIpc) is 2.04. The number of hydrogen-bond acceptors (Lipinski definition) is 2. The predicted octanol–water partition coefficient (Wildman–Crippen LogP) is 0.153. The van der Waals surface area contributed by atoms with Gasteiger partial charge in [-0.15, -0.1) is 0 Å². The molecule has 1 aliphatic rings. The molecule has 0 amide bonds. The fourth-order valence-electron chi connectivity index (χ4n) is 1.26. The highest BCUT2D eigenvalue weighted by atomic mass is 15.2. The molecule has 3 heteroatoms. The lowest BCUT2D eigenvalue weighted by molar-refractivity contribution is 0.159. The van der Waals surface area contributed by atoms with Crippen molar-refractivity contribution in [1.29, 1.82) is 0 Å². The zero-order valence-corrected chi connectivity index (χ0v) is 7.08. The lowest BCUT2D eigenvalue weighted by atomic mass is 10.3. The first-order chi connectivity index (χ1) is 5.33. The van der Waals surface area contributed by atoms with Crippen LogP contribution in [-0.4, -0.2) is 56.1 Å². The van der Waals surface area contributed by atoms with Gasteiger partial charge in [-0.3, -0.25) is 4.90 Å². The van der Waals surface area contributed by atoms with E-state index in [-0.39, 0.29) is 0 Å². The number of hydrogen-bond donors (Lipinski definition) is 0. The Balaban J connectivity index is 2.13. The Morgan fingerprint density at radius 3 is 2.45 bits per heavy atom. The smallest absolute Gasteiger partial charge is 0.227 e. The summed E-state index contributed by atoms with van der Waals surface area (Å²) in [6, 6.07) is 0. The summed E-state index contributed by atoms with van der Waals surface area (Å²) < 4.78 is 0. The first kappa shape index (κ1) is 8.51. The van der Waals surface area contributed by atoms with Gasteiger partial charge in [0.1, 0.15) is 0 Å². The minimum absolute atomic E-state index is 0.656. The molecule has 0 bridgehead atoms. The Bertz CT molecular complexity index is 142. The summed E-state index contributed by atoms with van der Waals surface area (Å²) in [5, 5.41) is 0. The van der Waals surface area contributed by atoms with E-state index in [9.17, 15) is 0 Å². The van der Waals surface area contributed by atoms with Crippen molar-refractivity contribution in [2.75, 3.05) is 46.3 Å². The van der Waals surface area contributed by atoms with Gasteiger partial charge in [-0.1, -0.05) is 0 Å². The molecule has 3 nitrogen and oxygen atoms in total. The van der Waals surface area contributed by atoms with E-state index in [1.165, 1.54) is 0 Å². The summed E-state index contributed by atoms with van der Waals surface area (Å²) in [5.41, 5.74) is 0. The van der Waals surface area contributed by atoms with Crippen molar-refractivity contribution in [2.24, 2.45) is 0 Å². The molecule has 0 aromatic carbocycles. The number of nitrogens with zero attached hydrogens (tertiary/aromatic N) is 3. The monoisotopic (exact) mass is 153 g/mol. The van der Waals surface area contributed by atoms with Crippen LogP contribution in [0, 0.1) is 6.57 Å². The second-order valence-electron chi connectivity index (χ2n) is 3.03. The molecule has 62 valence electrons. The number of rotatable bonds is 2. The summed E-state index contributed by atoms with van der Waals surface area (Å²) in [4.78, 5) is 8.03. The Morgan fingerprint density at radius 2 is 1.91 bits per heavy atom. The van der Waals surface area contributed by atoms with Gasteiger partial charge in [-0.05, 0) is 7.05 Å². The van der Waals surface area contributed by atoms with E-state index >= 15 is 0 Å². The molecule has 0 aromatic heterocycles. The first-order valence-corrected chi connectivity index (χ1v) is 4.07. The molecule has 0 aliphatic carbocycles. The van der Waals surface area contributed by atoms with Crippen molar-refractivity contribution in [3.63, 3.8) is 0 Å². The van der Waals surface area contributed by atoms with Crippen LogP contribution >= 0.6 is 0 Å². The SMILES string of the molecule is [C-]#[N+]CCN1CCN(C)CC1. The van der Waals surface area contributed by atoms with Crippen molar-refractivity contribution < 1.29 is 0 Å². The van der Waals surface area contributed by atoms with Crippen molar-refractivity contribution in [3.05, 3.63) is 11.4 Å². The zero-order valence-electron chi connectivity index (χ0n) is 7.08. The van der Waals surface area contributed by atoms with Crippen LogP contribution in [0.1, 0.15) is 0 Å². The third-order valence-corrected chi connectivity index (χ3v) is 2.12. The maximum absolute atomic E-state index is 6.65. The van der Waals surface area contributed by atoms with E-state index in [1.807, 2.05) is 0 Å². The minimum atomic E-state index is 0.656. The third-order valence-electron chi connectivity index (χ3n) is 2.12. The Hall–Kier alpha value is -0.590. The van der Waals surface area contributed by atoms with Gasteiger partial charge in [0.15, 0.2) is 0 Å². The molecule has 0 atom stereocenters. The molecule has 0 unspecified atom stereocenters. The van der Waals surface area contributed by atoms with Gasteiger partial charge in [-0.2, -0.15) is 0 Å². The van der Waals surface area contributed by atoms with Crippen LogP contribution in [0.15, 0.2) is 0 Å². The van der Waals surface area contributed by atoms with E-state index in [2.05, 4.69) is 21.7 Å². The first-order valence-electron chi connectivity index (χ1n) is 4.07. The maximum atomic E-state index is 6.65. The van der Waals surface area contributed by atoms with Crippen LogP contribution in [0.3, 0.4) is 0 Å². The molecule has 1 fully saturated rings. The molecule has 1 aliphatic heterocycles. The van der Waals surface area contributed by atoms with Crippen LogP contribution < -0.4 is 0 Å². The van der Waals surface area contributed by atoms with Gasteiger partial charge in [0, 0.05) is 26.2 Å². The van der Waals surface area contributed by atoms with E-state index in [0.29, 0.717) is 6.54 Å². The van der Waals surface area contributed by atoms with E-state index < -0.39 is 0 Å². The summed E-state index contributed by atoms with van der Waals surface area (Å²) in [5.74, 6) is 0. The molecule has 0 N–H and O–H groups in total. The molecule has 0 radical (unpaired) electrons. The molecular weight excluding hydrogens is 138 g/mol. The van der Waals surface area contributed by atoms with Crippen LogP contribution in [0.2, 0.25) is 0 Å². The normalized spacial score (nSPS) is 21.5. The van der Waals surface area contributed by atoms with Crippen LogP contribution in [0.4, 0.5) is 0 Å². The van der Waals surface area contributed by atoms with Gasteiger partial charge >= 0.3 is 0 Å². The summed E-state index contributed by atoms with van der Waals surface area (Å²) >= 11 is 0. The van der Waals surface area contributed by atoms with Crippen molar-refractivity contribution >= 4 is 0 Å². The second-order valence-corrected chi connectivity index (χ2v) is 3.03. The lowest BCUT2D eigenvalue weighted by Gasteiger charge is -2.30. The van der Waals surface area contributed by atoms with Gasteiger partial charge in [0.05, 0.1) is 6.54 Å². The molecule has 1 rings (SSSR count). The molecule has 0 saturated carbocycles. The van der Waals surface area contributed by atoms with E-state index in [0.717, 1.165) is 32.7 Å². The lowest BCUT2D eigenvalue weighted by Crippen LogP contribution is -2.45. The highest BCUT2D eigenvalue weighted by Gasteiger charge is 2.13. The zero-order chi connectivity index (χ0) is 8.10. The Kier molecular flexibility index (Phi) is 3.34. The van der Waals surface area contributed by atoms with Crippen LogP contribution in [-0.2, 0) is 0 Å². The summed E-state index contributed by atoms with van der Waals surface area (Å²) in [6.45, 7) is 12.8. The number of likely N-dealkylation sites (N-methyl/N-ethyl adjacent to an activating group) is 1. The Morgan fingerprint density at radius 1 is 1.27 bits per heavy atom. The topological polar surface area (TPSA) is 10.8 Å². The third kappa shape index (κ3) is 2.87. The van der Waals surface area contributed by atoms with Gasteiger partial charge in [-0.25, -0.2) is 6.57 Å². The maximum Gasteiger partial charge on any atom is 0.227 e. The largest absolute Gasteiger partial charge is 0.316 e. The standard InChI is InChI=1S/C8H15N3/c1-9-3-4-11-7-5-10(2)6-8-11/h3-8H2,2H3. The molecule has 1 heterocycles. The quantitative estimate of drug-likeness (QED) is 0.523. The fourth-order valence-corrected chi connectivity index (χ4v) is 1.26. The van der Waals surface area contributed by atoms with Gasteiger partial charge in [0.25, 0.3) is 0 Å². The molecule has 0 spiro atoms. The van der Waals surface area contributed by atoms with Crippen LogP contribution in [0.5, 0.6) is 0 Å². The molecule has 11 heavy (non-hydrogen) atoms. The number of piperazine rings is 1. The molecule has 1 saturated heterocycles. The second kappa shape index (κ2) is 4.32. The highest BCUT2D eigenvalue weighted by Crippen LogP contribution is 1.97. The highest BCUT2D eigenvalue weighted by molar-refractivity contribution is 4.72. The molecule has 0 aromatic rings. The van der Waals surface area contributed by atoms with Gasteiger partial charge in [0.2, 0.25) is 6.54 Å². The minimum Gasteiger partial charge on any atom is -0.316 e. The predicted molar refractivity (Wildman–Crippen MR) is 45.4 cm³/mol. The van der Waals surface area contributed by atoms with Gasteiger partial charge < -0.3 is 9.74 Å². The van der Waals surface area contributed by atoms with Crippen LogP contribution in [0.25, 0.3) is 4.85 Å². The van der Waals surface area contributed by atoms with Crippen molar-refractivity contribution in [3.8, 4) is 0 Å². The Labute approximate surface area is 68.4 Å². The average molecular weight is 153 g/mol. The van der Waals surface area contributed by atoms with E-state index in [1.54, 1.807) is 0 Å². The van der Waals surface area contributed by atoms with E-state index in [4.69, 9.17) is 6.57 Å². The van der Waals surface area contributed by atoms with Crippen molar-refractivity contribution in [2.45, 2.75) is 0 Å². The molecular formula is C8H15N3.